The van der Waals surface area contributed by atoms with E-state index in [-0.39, 0.29) is 10.5 Å². The largest absolute Gasteiger partial charge is 0.332 e. The van der Waals surface area contributed by atoms with Crippen LogP contribution in [0, 0.1) is 6.92 Å². The molecule has 0 fully saturated rings. The van der Waals surface area contributed by atoms with Crippen LogP contribution in [0.5, 0.6) is 0 Å². The Morgan fingerprint density at radius 3 is 2.31 bits per heavy atom. The van der Waals surface area contributed by atoms with Gasteiger partial charge in [0, 0.05) is 22.2 Å². The lowest BCUT2D eigenvalue weighted by atomic mass is 10.1. The molecule has 5 aromatic rings. The molecule has 6 nitrogen and oxygen atoms in total. The van der Waals surface area contributed by atoms with E-state index in [0.717, 1.165) is 27.9 Å². The first kappa shape index (κ1) is 22.8. The SMILES string of the molecule is Cc1ccc(S(=O)(=O)NC(=O)c2ccc(Nc3nc(-c4ccc5ccccc5c4)cs3)cc2)cc1. The minimum Gasteiger partial charge on any atom is -0.332 e. The average molecular weight is 500 g/mol. The lowest BCUT2D eigenvalue weighted by Crippen LogP contribution is -2.30. The number of carbonyl (C=O) groups is 1. The summed E-state index contributed by atoms with van der Waals surface area (Å²) >= 11 is 1.48. The lowest BCUT2D eigenvalue weighted by Gasteiger charge is -2.08. The van der Waals surface area contributed by atoms with E-state index in [1.54, 1.807) is 36.4 Å². The summed E-state index contributed by atoms with van der Waals surface area (Å²) in [6, 6.07) is 27.3. The highest BCUT2D eigenvalue weighted by Crippen LogP contribution is 2.29. The Bertz CT molecular complexity index is 1620. The molecule has 174 valence electrons. The number of anilines is 2. The van der Waals surface area contributed by atoms with Gasteiger partial charge in [0.1, 0.15) is 0 Å². The minimum atomic E-state index is -3.94. The van der Waals surface area contributed by atoms with Gasteiger partial charge in [-0.05, 0) is 60.2 Å². The quantitative estimate of drug-likeness (QED) is 0.293. The fourth-order valence-electron chi connectivity index (χ4n) is 3.60. The van der Waals surface area contributed by atoms with Gasteiger partial charge in [0.25, 0.3) is 15.9 Å². The Morgan fingerprint density at radius 2 is 1.57 bits per heavy atom. The molecule has 5 rings (SSSR count). The molecular weight excluding hydrogens is 478 g/mol. The molecular formula is C27H21N3O3S2. The third-order valence-electron chi connectivity index (χ3n) is 5.51. The molecule has 8 heteroatoms. The van der Waals surface area contributed by atoms with Crippen LogP contribution in [0.1, 0.15) is 15.9 Å². The summed E-state index contributed by atoms with van der Waals surface area (Å²) in [6.45, 7) is 1.86. The molecule has 0 spiro atoms. The van der Waals surface area contributed by atoms with E-state index in [1.807, 2.05) is 24.4 Å². The van der Waals surface area contributed by atoms with Gasteiger partial charge in [-0.15, -0.1) is 11.3 Å². The topological polar surface area (TPSA) is 88.2 Å². The summed E-state index contributed by atoms with van der Waals surface area (Å²) < 4.78 is 27.1. The van der Waals surface area contributed by atoms with E-state index in [1.165, 1.54) is 28.9 Å². The first-order valence-electron chi connectivity index (χ1n) is 10.8. The Kier molecular flexibility index (Phi) is 6.07. The Morgan fingerprint density at radius 1 is 0.857 bits per heavy atom. The van der Waals surface area contributed by atoms with E-state index >= 15 is 0 Å². The molecule has 0 aliphatic carbocycles. The van der Waals surface area contributed by atoms with Gasteiger partial charge in [-0.3, -0.25) is 4.79 Å². The second-order valence-electron chi connectivity index (χ2n) is 8.05. The number of aryl methyl sites for hydroxylation is 1. The summed E-state index contributed by atoms with van der Waals surface area (Å²) in [7, 11) is -3.94. The maximum Gasteiger partial charge on any atom is 0.264 e. The molecule has 1 heterocycles. The van der Waals surface area contributed by atoms with Crippen molar-refractivity contribution in [1.82, 2.24) is 9.71 Å². The smallest absolute Gasteiger partial charge is 0.264 e. The van der Waals surface area contributed by atoms with Gasteiger partial charge in [-0.25, -0.2) is 18.1 Å². The zero-order valence-corrected chi connectivity index (χ0v) is 20.4. The van der Waals surface area contributed by atoms with E-state index in [9.17, 15) is 13.2 Å². The van der Waals surface area contributed by atoms with Crippen LogP contribution in [0.3, 0.4) is 0 Å². The van der Waals surface area contributed by atoms with Crippen LogP contribution in [0.2, 0.25) is 0 Å². The number of aromatic nitrogens is 1. The zero-order chi connectivity index (χ0) is 24.4. The van der Waals surface area contributed by atoms with Crippen LogP contribution in [-0.4, -0.2) is 19.3 Å². The Hall–Kier alpha value is -4.01. The highest BCUT2D eigenvalue weighted by Gasteiger charge is 2.18. The zero-order valence-electron chi connectivity index (χ0n) is 18.7. The third-order valence-corrected chi connectivity index (χ3v) is 7.61. The number of nitrogens with zero attached hydrogens (tertiary/aromatic N) is 1. The molecule has 0 aliphatic rings. The van der Waals surface area contributed by atoms with Crippen LogP contribution in [0.15, 0.2) is 101 Å². The summed E-state index contributed by atoms with van der Waals surface area (Å²) in [4.78, 5) is 17.2. The van der Waals surface area contributed by atoms with Crippen LogP contribution in [0.4, 0.5) is 10.8 Å². The summed E-state index contributed by atoms with van der Waals surface area (Å²) in [5.41, 5.74) is 3.82. The number of thiazole rings is 1. The first-order chi connectivity index (χ1) is 16.9. The van der Waals surface area contributed by atoms with Crippen LogP contribution >= 0.6 is 11.3 Å². The predicted octanol–water partition coefficient (Wildman–Crippen LogP) is 6.13. The fraction of sp³-hybridized carbons (Fsp3) is 0.0370. The van der Waals surface area contributed by atoms with E-state index < -0.39 is 15.9 Å². The molecule has 35 heavy (non-hydrogen) atoms. The third kappa shape index (κ3) is 5.08. The number of rotatable bonds is 6. The number of amides is 1. The van der Waals surface area contributed by atoms with Crippen molar-refractivity contribution in [2.75, 3.05) is 5.32 Å². The van der Waals surface area contributed by atoms with Gasteiger partial charge in [0.15, 0.2) is 5.13 Å². The highest BCUT2D eigenvalue weighted by atomic mass is 32.2. The van der Waals surface area contributed by atoms with Crippen molar-refractivity contribution in [2.45, 2.75) is 11.8 Å². The Balaban J connectivity index is 1.26. The fourth-order valence-corrected chi connectivity index (χ4v) is 5.31. The molecule has 1 amide bonds. The normalized spacial score (nSPS) is 11.3. The molecule has 0 saturated heterocycles. The van der Waals surface area contributed by atoms with E-state index in [2.05, 4.69) is 45.4 Å². The van der Waals surface area contributed by atoms with Gasteiger partial charge in [-0.1, -0.05) is 54.1 Å². The molecule has 1 aromatic heterocycles. The molecule has 0 unspecified atom stereocenters. The summed E-state index contributed by atoms with van der Waals surface area (Å²) in [5, 5.41) is 8.28. The highest BCUT2D eigenvalue weighted by molar-refractivity contribution is 7.90. The molecule has 0 radical (unpaired) electrons. The number of nitrogens with one attached hydrogen (secondary N) is 2. The Labute approximate surface area is 207 Å². The van der Waals surface area contributed by atoms with E-state index in [0.29, 0.717) is 5.13 Å². The molecule has 0 saturated carbocycles. The van der Waals surface area contributed by atoms with Gasteiger partial charge >= 0.3 is 0 Å². The van der Waals surface area contributed by atoms with Crippen molar-refractivity contribution in [2.24, 2.45) is 0 Å². The maximum absolute atomic E-state index is 12.5. The number of hydrogen-bond acceptors (Lipinski definition) is 6. The number of fused-ring (bicyclic) bond motifs is 1. The van der Waals surface area contributed by atoms with Crippen molar-refractivity contribution >= 4 is 48.9 Å². The van der Waals surface area contributed by atoms with Crippen LogP contribution in [0.25, 0.3) is 22.0 Å². The van der Waals surface area contributed by atoms with Gasteiger partial charge in [0.05, 0.1) is 10.6 Å². The van der Waals surface area contributed by atoms with E-state index in [4.69, 9.17) is 0 Å². The molecule has 0 bridgehead atoms. The van der Waals surface area contributed by atoms with Crippen LogP contribution < -0.4 is 10.0 Å². The number of benzene rings is 4. The molecule has 0 atom stereocenters. The van der Waals surface area contributed by atoms with Crippen molar-refractivity contribution < 1.29 is 13.2 Å². The van der Waals surface area contributed by atoms with Gasteiger partial charge in [-0.2, -0.15) is 0 Å². The number of hydrogen-bond donors (Lipinski definition) is 2. The van der Waals surface area contributed by atoms with Crippen molar-refractivity contribution in [3.05, 3.63) is 108 Å². The molecule has 2 N–H and O–H groups in total. The number of carbonyl (C=O) groups excluding carboxylic acids is 1. The van der Waals surface area contributed by atoms with Gasteiger partial charge in [0.2, 0.25) is 0 Å². The lowest BCUT2D eigenvalue weighted by molar-refractivity contribution is 0.0981. The average Bonchev–Trinajstić information content (AvgIpc) is 3.32. The van der Waals surface area contributed by atoms with Gasteiger partial charge < -0.3 is 5.32 Å². The summed E-state index contributed by atoms with van der Waals surface area (Å²) in [6.07, 6.45) is 0. The first-order valence-corrected chi connectivity index (χ1v) is 13.2. The minimum absolute atomic E-state index is 0.0423. The summed E-state index contributed by atoms with van der Waals surface area (Å²) in [5.74, 6) is -0.690. The van der Waals surface area contributed by atoms with Crippen molar-refractivity contribution in [3.63, 3.8) is 0 Å². The van der Waals surface area contributed by atoms with Crippen molar-refractivity contribution in [3.8, 4) is 11.3 Å². The second-order valence-corrected chi connectivity index (χ2v) is 10.6. The molecule has 4 aromatic carbocycles. The monoisotopic (exact) mass is 499 g/mol. The van der Waals surface area contributed by atoms with Crippen molar-refractivity contribution in [1.29, 1.82) is 0 Å². The number of sulfonamides is 1. The predicted molar refractivity (Wildman–Crippen MR) is 141 cm³/mol. The second kappa shape index (κ2) is 9.32. The van der Waals surface area contributed by atoms with Crippen LogP contribution in [-0.2, 0) is 10.0 Å². The maximum atomic E-state index is 12.5. The molecule has 0 aliphatic heterocycles. The standard InChI is InChI=1S/C27H21N3O3S2/c1-18-6-14-24(15-7-18)35(32,33)30-26(31)20-10-12-23(13-11-20)28-27-29-25(17-34-27)22-9-8-19-4-2-3-5-21(19)16-22/h2-17H,1H3,(H,28,29)(H,30,31).